The number of hydrogen-bond acceptors (Lipinski definition) is 6. The second kappa shape index (κ2) is 8.20. The number of carbonyl (C=O) groups is 2. The number of rotatable bonds is 6. The fourth-order valence-electron chi connectivity index (χ4n) is 3.35. The van der Waals surface area contributed by atoms with Crippen LogP contribution < -0.4 is 5.32 Å². The Kier molecular flexibility index (Phi) is 5.73. The molecule has 1 saturated heterocycles. The molecule has 2 atom stereocenters. The van der Waals surface area contributed by atoms with Gasteiger partial charge in [0.2, 0.25) is 5.91 Å². The second-order valence-electron chi connectivity index (χ2n) is 6.75. The molecule has 0 saturated carbocycles. The van der Waals surface area contributed by atoms with E-state index in [4.69, 9.17) is 4.74 Å². The van der Waals surface area contributed by atoms with Gasteiger partial charge in [0.25, 0.3) is 0 Å². The van der Waals surface area contributed by atoms with Crippen molar-refractivity contribution in [1.29, 1.82) is 0 Å². The Balaban J connectivity index is 1.84. The number of aromatic amines is 1. The third kappa shape index (κ3) is 3.94. The fourth-order valence-corrected chi connectivity index (χ4v) is 3.35. The Labute approximate surface area is 158 Å². The molecule has 0 radical (unpaired) electrons. The maximum Gasteiger partial charge on any atom is 0.340 e. The highest BCUT2D eigenvalue weighted by molar-refractivity contribution is 6.07. The normalized spacial score (nSPS) is 19.7. The van der Waals surface area contributed by atoms with E-state index in [1.54, 1.807) is 11.1 Å². The summed E-state index contributed by atoms with van der Waals surface area (Å²) in [5.41, 5.74) is 0.976. The van der Waals surface area contributed by atoms with Gasteiger partial charge in [0.1, 0.15) is 17.8 Å². The first-order chi connectivity index (χ1) is 13.0. The number of nitrogens with zero attached hydrogens (tertiary/aromatic N) is 3. The molecular weight excluding hydrogens is 346 g/mol. The monoisotopic (exact) mass is 371 g/mol. The van der Waals surface area contributed by atoms with Gasteiger partial charge in [-0.25, -0.2) is 14.8 Å². The van der Waals surface area contributed by atoms with E-state index in [1.807, 2.05) is 13.8 Å². The van der Waals surface area contributed by atoms with Crippen molar-refractivity contribution in [2.24, 2.45) is 0 Å². The van der Waals surface area contributed by atoms with E-state index in [9.17, 15) is 9.59 Å². The van der Waals surface area contributed by atoms with Crippen molar-refractivity contribution in [2.45, 2.75) is 45.2 Å². The molecule has 3 rings (SSSR count). The van der Waals surface area contributed by atoms with Gasteiger partial charge in [-0.3, -0.25) is 4.79 Å². The molecule has 1 fully saturated rings. The highest BCUT2D eigenvalue weighted by atomic mass is 16.5. The summed E-state index contributed by atoms with van der Waals surface area (Å²) in [6.07, 6.45) is 6.91. The van der Waals surface area contributed by atoms with Crippen LogP contribution in [0, 0.1) is 0 Å². The maximum absolute atomic E-state index is 12.4. The average molecular weight is 371 g/mol. The van der Waals surface area contributed by atoms with Crippen LogP contribution in [0.5, 0.6) is 0 Å². The summed E-state index contributed by atoms with van der Waals surface area (Å²) >= 11 is 0. The number of ether oxygens (including phenoxy) is 1. The molecule has 8 heteroatoms. The number of aromatic nitrogens is 3. The highest BCUT2D eigenvalue weighted by Gasteiger charge is 2.29. The number of amides is 1. The van der Waals surface area contributed by atoms with Crippen LogP contribution in [0.3, 0.4) is 0 Å². The van der Waals surface area contributed by atoms with E-state index >= 15 is 0 Å². The molecule has 0 bridgehead atoms. The first kappa shape index (κ1) is 18.9. The van der Waals surface area contributed by atoms with Gasteiger partial charge >= 0.3 is 5.97 Å². The first-order valence-corrected chi connectivity index (χ1v) is 9.23. The average Bonchev–Trinajstić information content (AvgIpc) is 3.12. The molecule has 144 valence electrons. The third-order valence-corrected chi connectivity index (χ3v) is 4.81. The van der Waals surface area contributed by atoms with Crippen molar-refractivity contribution in [3.63, 3.8) is 0 Å². The van der Waals surface area contributed by atoms with E-state index in [-0.39, 0.29) is 18.0 Å². The van der Waals surface area contributed by atoms with Gasteiger partial charge in [-0.2, -0.15) is 0 Å². The van der Waals surface area contributed by atoms with Gasteiger partial charge < -0.3 is 19.9 Å². The van der Waals surface area contributed by atoms with Crippen LogP contribution in [0.25, 0.3) is 11.0 Å². The molecule has 0 spiro atoms. The zero-order valence-corrected chi connectivity index (χ0v) is 15.7. The van der Waals surface area contributed by atoms with Gasteiger partial charge in [-0.15, -0.1) is 0 Å². The number of piperidine rings is 1. The lowest BCUT2D eigenvalue weighted by molar-refractivity contribution is -0.129. The number of esters is 1. The topological polar surface area (TPSA) is 100 Å². The molecule has 27 heavy (non-hydrogen) atoms. The van der Waals surface area contributed by atoms with Gasteiger partial charge in [0, 0.05) is 24.8 Å². The molecule has 1 amide bonds. The number of carbonyl (C=O) groups excluding carboxylic acids is 2. The van der Waals surface area contributed by atoms with E-state index in [0.717, 1.165) is 19.3 Å². The van der Waals surface area contributed by atoms with Crippen LogP contribution in [-0.2, 0) is 9.53 Å². The Morgan fingerprint density at radius 3 is 3.00 bits per heavy atom. The summed E-state index contributed by atoms with van der Waals surface area (Å²) in [6.45, 7) is 8.48. The Morgan fingerprint density at radius 1 is 1.44 bits per heavy atom. The van der Waals surface area contributed by atoms with E-state index in [2.05, 4.69) is 26.8 Å². The van der Waals surface area contributed by atoms with Crippen LogP contribution in [-0.4, -0.2) is 57.0 Å². The van der Waals surface area contributed by atoms with Gasteiger partial charge in [0.05, 0.1) is 17.6 Å². The SMILES string of the molecule is C=CC(=O)N1C[C@H](Nc2ncnc3[nH]cc(C(=O)OCCC)c23)CC[C@@H]1C. The predicted octanol–water partition coefficient (Wildman–Crippen LogP) is 2.50. The number of H-pyrrole nitrogens is 1. The summed E-state index contributed by atoms with van der Waals surface area (Å²) in [4.78, 5) is 37.8. The van der Waals surface area contributed by atoms with Crippen molar-refractivity contribution < 1.29 is 14.3 Å². The summed E-state index contributed by atoms with van der Waals surface area (Å²) in [6, 6.07) is 0.198. The molecule has 1 aliphatic heterocycles. The lowest BCUT2D eigenvalue weighted by Crippen LogP contribution is -2.49. The van der Waals surface area contributed by atoms with Crippen LogP contribution in [0.1, 0.15) is 43.5 Å². The third-order valence-electron chi connectivity index (χ3n) is 4.81. The second-order valence-corrected chi connectivity index (χ2v) is 6.75. The van der Waals surface area contributed by atoms with Crippen LogP contribution >= 0.6 is 0 Å². The van der Waals surface area contributed by atoms with Gasteiger partial charge in [0.15, 0.2) is 0 Å². The molecule has 8 nitrogen and oxygen atoms in total. The van der Waals surface area contributed by atoms with Gasteiger partial charge in [-0.1, -0.05) is 13.5 Å². The smallest absolute Gasteiger partial charge is 0.340 e. The zero-order chi connectivity index (χ0) is 19.4. The van der Waals surface area contributed by atoms with Crippen molar-refractivity contribution in [3.8, 4) is 0 Å². The molecule has 1 aliphatic rings. The quantitative estimate of drug-likeness (QED) is 0.598. The molecule has 2 N–H and O–H groups in total. The van der Waals surface area contributed by atoms with E-state index in [0.29, 0.717) is 35.6 Å². The molecule has 0 aliphatic carbocycles. The minimum atomic E-state index is -0.401. The van der Waals surface area contributed by atoms with Crippen LogP contribution in [0.4, 0.5) is 5.82 Å². The number of fused-ring (bicyclic) bond motifs is 1. The summed E-state index contributed by atoms with van der Waals surface area (Å²) in [5, 5.41) is 3.99. The molecular formula is C19H25N5O3. The predicted molar refractivity (Wildman–Crippen MR) is 102 cm³/mol. The Bertz CT molecular complexity index is 847. The van der Waals surface area contributed by atoms with Crippen molar-refractivity contribution >= 4 is 28.7 Å². The largest absolute Gasteiger partial charge is 0.462 e. The highest BCUT2D eigenvalue weighted by Crippen LogP contribution is 2.27. The number of anilines is 1. The van der Waals surface area contributed by atoms with Crippen molar-refractivity contribution in [2.75, 3.05) is 18.5 Å². The zero-order valence-electron chi connectivity index (χ0n) is 15.7. The lowest BCUT2D eigenvalue weighted by Gasteiger charge is -2.38. The van der Waals surface area contributed by atoms with E-state index < -0.39 is 5.97 Å². The molecule has 2 aromatic heterocycles. The first-order valence-electron chi connectivity index (χ1n) is 9.23. The molecule has 0 aromatic carbocycles. The summed E-state index contributed by atoms with van der Waals surface area (Å²) in [5.74, 6) is 0.0873. The number of nitrogens with one attached hydrogen (secondary N) is 2. The lowest BCUT2D eigenvalue weighted by atomic mass is 9.99. The number of hydrogen-bond donors (Lipinski definition) is 2. The van der Waals surface area contributed by atoms with Gasteiger partial charge in [-0.05, 0) is 32.3 Å². The standard InChI is InChI=1S/C19H25N5O3/c1-4-8-27-19(26)14-9-20-17-16(14)18(22-11-21-17)23-13-7-6-12(3)24(10-13)15(25)5-2/h5,9,11-13H,2,4,6-8,10H2,1,3H3,(H2,20,21,22,23)/t12-,13+/m0/s1. The molecule has 0 unspecified atom stereocenters. The van der Waals surface area contributed by atoms with Crippen molar-refractivity contribution in [3.05, 3.63) is 30.7 Å². The van der Waals surface area contributed by atoms with Crippen molar-refractivity contribution in [1.82, 2.24) is 19.9 Å². The molecule has 3 heterocycles. The summed E-state index contributed by atoms with van der Waals surface area (Å²) in [7, 11) is 0. The Hall–Kier alpha value is -2.90. The maximum atomic E-state index is 12.4. The van der Waals surface area contributed by atoms with Crippen LogP contribution in [0.15, 0.2) is 25.2 Å². The summed E-state index contributed by atoms with van der Waals surface area (Å²) < 4.78 is 5.26. The van der Waals surface area contributed by atoms with Crippen LogP contribution in [0.2, 0.25) is 0 Å². The van der Waals surface area contributed by atoms with E-state index in [1.165, 1.54) is 12.4 Å². The Morgan fingerprint density at radius 2 is 2.26 bits per heavy atom. The minimum absolute atomic E-state index is 0.0256. The molecule has 2 aromatic rings. The number of likely N-dealkylation sites (tertiary alicyclic amines) is 1. The fraction of sp³-hybridized carbons (Fsp3) is 0.474. The minimum Gasteiger partial charge on any atom is -0.462 e.